The lowest BCUT2D eigenvalue weighted by Crippen LogP contribution is -2.57. The highest BCUT2D eigenvalue weighted by atomic mass is 32.1. The van der Waals surface area contributed by atoms with Gasteiger partial charge in [-0.15, -0.1) is 11.3 Å². The molecule has 0 fully saturated rings. The predicted octanol–water partition coefficient (Wildman–Crippen LogP) is 3.47. The zero-order valence-corrected chi connectivity index (χ0v) is 32.4. The van der Waals surface area contributed by atoms with Gasteiger partial charge in [-0.25, -0.2) is 9.78 Å². The van der Waals surface area contributed by atoms with Gasteiger partial charge in [0.15, 0.2) is 0 Å². The Morgan fingerprint density at radius 2 is 1.41 bits per heavy atom. The largest absolute Gasteiger partial charge is 0.444 e. The Hall–Kier alpha value is -3.26. The van der Waals surface area contributed by atoms with Gasteiger partial charge in [-0.05, 0) is 58.3 Å². The monoisotopic (exact) mass is 710 g/mol. The molecule has 0 aliphatic carbocycles. The second-order valence-electron chi connectivity index (χ2n) is 15.2. The van der Waals surface area contributed by atoms with E-state index in [0.29, 0.717) is 19.4 Å². The van der Waals surface area contributed by atoms with E-state index < -0.39 is 59.6 Å². The normalized spacial score (nSPS) is 15.5. The lowest BCUT2D eigenvalue weighted by molar-refractivity contribution is -0.133. The summed E-state index contributed by atoms with van der Waals surface area (Å²) in [6.45, 7) is 22.2. The molecule has 0 spiro atoms. The average Bonchev–Trinajstić information content (AvgIpc) is 3.38. The Balaban J connectivity index is 3.09. The standard InChI is InChI=1S/C35H62N6O7S/c1-19(2)13-26(28(42)15-23(8)31(44)41-29(21(5)6)33(46)36-16-20(3)4)39-32(45)27(17-37-34(47)48-35(10,11)12)40-30(43)22(7)14-25-18-49-24(9)38-25/h18-23,26-29,42H,13-17H2,1-12H3,(H,36,46)(H,37,47)(H,39,45)(H,40,43)(H,41,44)/t22-,23+,26-,27-,28-,29-/m0/s1. The zero-order chi connectivity index (χ0) is 37.6. The van der Waals surface area contributed by atoms with Gasteiger partial charge in [0.25, 0.3) is 0 Å². The van der Waals surface area contributed by atoms with Gasteiger partial charge in [-0.1, -0.05) is 55.4 Å². The molecular weight excluding hydrogens is 648 g/mol. The van der Waals surface area contributed by atoms with Crippen molar-refractivity contribution in [3.05, 3.63) is 16.1 Å². The van der Waals surface area contributed by atoms with Crippen molar-refractivity contribution >= 4 is 41.1 Å². The van der Waals surface area contributed by atoms with E-state index >= 15 is 0 Å². The molecule has 6 N–H and O–H groups in total. The van der Waals surface area contributed by atoms with Crippen molar-refractivity contribution in [2.45, 2.75) is 132 Å². The van der Waals surface area contributed by atoms with Crippen LogP contribution < -0.4 is 26.6 Å². The molecule has 6 atom stereocenters. The number of nitrogens with zero attached hydrogens (tertiary/aromatic N) is 1. The summed E-state index contributed by atoms with van der Waals surface area (Å²) < 4.78 is 5.32. The summed E-state index contributed by atoms with van der Waals surface area (Å²) >= 11 is 1.49. The van der Waals surface area contributed by atoms with Gasteiger partial charge in [0.1, 0.15) is 17.7 Å². The van der Waals surface area contributed by atoms with E-state index in [1.54, 1.807) is 34.6 Å². The highest BCUT2D eigenvalue weighted by molar-refractivity contribution is 7.09. The number of aromatic nitrogens is 1. The number of rotatable bonds is 19. The number of nitrogens with one attached hydrogen (secondary N) is 5. The van der Waals surface area contributed by atoms with E-state index in [2.05, 4.69) is 31.6 Å². The zero-order valence-electron chi connectivity index (χ0n) is 31.6. The SMILES string of the molecule is Cc1nc(C[C@H](C)C(=O)N[C@@H](CNC(=O)OC(C)(C)C)C(=O)N[C@@H](CC(C)C)[C@@H](O)C[C@@H](C)C(=O)N[C@H](C(=O)NCC(C)C)C(C)C)cs1. The summed E-state index contributed by atoms with van der Waals surface area (Å²) in [5.41, 5.74) is 0.000516. The number of carbonyl (C=O) groups is 5. The first kappa shape index (κ1) is 43.8. The van der Waals surface area contributed by atoms with Gasteiger partial charge in [0.05, 0.1) is 29.4 Å². The molecule has 0 bridgehead atoms. The molecule has 1 aromatic rings. The molecular formula is C35H62N6O7S. The molecule has 5 amide bonds. The Kier molecular flexibility index (Phi) is 18.2. The molecule has 280 valence electrons. The fraction of sp³-hybridized carbons (Fsp3) is 0.771. The van der Waals surface area contributed by atoms with E-state index in [9.17, 15) is 29.1 Å². The Morgan fingerprint density at radius 3 is 1.92 bits per heavy atom. The van der Waals surface area contributed by atoms with Crippen molar-refractivity contribution < 1.29 is 33.8 Å². The van der Waals surface area contributed by atoms with Crippen molar-refractivity contribution in [3.63, 3.8) is 0 Å². The summed E-state index contributed by atoms with van der Waals surface area (Å²) in [5, 5.41) is 28.0. The minimum Gasteiger partial charge on any atom is -0.444 e. The molecule has 0 aliphatic heterocycles. The molecule has 1 rings (SSSR count). The van der Waals surface area contributed by atoms with E-state index in [-0.39, 0.29) is 42.5 Å². The van der Waals surface area contributed by atoms with E-state index in [4.69, 9.17) is 4.74 Å². The molecule has 0 unspecified atom stereocenters. The van der Waals surface area contributed by atoms with E-state index in [1.165, 1.54) is 11.3 Å². The van der Waals surface area contributed by atoms with Crippen LogP contribution in [0.25, 0.3) is 0 Å². The van der Waals surface area contributed by atoms with Crippen LogP contribution in [0.1, 0.15) is 99.7 Å². The summed E-state index contributed by atoms with van der Waals surface area (Å²) in [6.07, 6.45) is -1.11. The molecule has 0 radical (unpaired) electrons. The third kappa shape index (κ3) is 17.3. The highest BCUT2D eigenvalue weighted by Gasteiger charge is 2.32. The topological polar surface area (TPSA) is 188 Å². The second-order valence-corrected chi connectivity index (χ2v) is 16.3. The van der Waals surface area contributed by atoms with Crippen molar-refractivity contribution in [2.24, 2.45) is 29.6 Å². The number of hydrogen-bond acceptors (Lipinski definition) is 9. The molecule has 1 aromatic heterocycles. The number of hydrogen-bond donors (Lipinski definition) is 6. The second kappa shape index (κ2) is 20.4. The number of carbonyl (C=O) groups excluding carboxylic acids is 5. The maximum absolute atomic E-state index is 13.7. The van der Waals surface area contributed by atoms with E-state index in [1.807, 2.05) is 53.8 Å². The molecule has 0 saturated carbocycles. The van der Waals surface area contributed by atoms with Gasteiger partial charge < -0.3 is 36.4 Å². The number of amides is 5. The first-order chi connectivity index (χ1) is 22.6. The van der Waals surface area contributed by atoms with Gasteiger partial charge >= 0.3 is 6.09 Å². The van der Waals surface area contributed by atoms with Crippen molar-refractivity contribution in [1.82, 2.24) is 31.6 Å². The number of aliphatic hydroxyl groups excluding tert-OH is 1. The fourth-order valence-corrected chi connectivity index (χ4v) is 5.54. The lowest BCUT2D eigenvalue weighted by atomic mass is 9.91. The number of aliphatic hydroxyl groups is 1. The maximum Gasteiger partial charge on any atom is 0.407 e. The Bertz CT molecular complexity index is 1230. The maximum atomic E-state index is 13.7. The third-order valence-electron chi connectivity index (χ3n) is 7.60. The van der Waals surface area contributed by atoms with Crippen LogP contribution in [0.2, 0.25) is 0 Å². The van der Waals surface area contributed by atoms with Crippen LogP contribution in [0.15, 0.2) is 5.38 Å². The van der Waals surface area contributed by atoms with Gasteiger partial charge in [0, 0.05) is 30.2 Å². The lowest BCUT2D eigenvalue weighted by Gasteiger charge is -2.30. The number of aryl methyl sites for hydroxylation is 1. The minimum absolute atomic E-state index is 0.0131. The summed E-state index contributed by atoms with van der Waals surface area (Å²) in [4.78, 5) is 69.8. The Morgan fingerprint density at radius 1 is 0.796 bits per heavy atom. The summed E-state index contributed by atoms with van der Waals surface area (Å²) in [7, 11) is 0. The molecule has 13 nitrogen and oxygen atoms in total. The van der Waals surface area contributed by atoms with Gasteiger partial charge in [-0.3, -0.25) is 19.2 Å². The Labute approximate surface area is 296 Å². The third-order valence-corrected chi connectivity index (χ3v) is 8.43. The van der Waals surface area contributed by atoms with Gasteiger partial charge in [-0.2, -0.15) is 0 Å². The van der Waals surface area contributed by atoms with Crippen LogP contribution in [-0.4, -0.2) is 82.7 Å². The summed E-state index contributed by atoms with van der Waals surface area (Å²) in [5.74, 6) is -2.69. The average molecular weight is 711 g/mol. The molecule has 0 aliphatic rings. The molecule has 14 heteroatoms. The van der Waals surface area contributed by atoms with Crippen LogP contribution in [0.4, 0.5) is 4.79 Å². The molecule has 0 saturated heterocycles. The van der Waals surface area contributed by atoms with Crippen molar-refractivity contribution in [3.8, 4) is 0 Å². The van der Waals surface area contributed by atoms with Crippen LogP contribution in [-0.2, 0) is 30.3 Å². The van der Waals surface area contributed by atoms with Crippen molar-refractivity contribution in [2.75, 3.05) is 13.1 Å². The first-order valence-electron chi connectivity index (χ1n) is 17.3. The van der Waals surface area contributed by atoms with Crippen LogP contribution in [0.3, 0.4) is 0 Å². The van der Waals surface area contributed by atoms with Crippen molar-refractivity contribution in [1.29, 1.82) is 0 Å². The number of alkyl carbamates (subject to hydrolysis) is 1. The van der Waals surface area contributed by atoms with Crippen LogP contribution >= 0.6 is 11.3 Å². The quantitative estimate of drug-likeness (QED) is 0.126. The van der Waals surface area contributed by atoms with Crippen LogP contribution in [0.5, 0.6) is 0 Å². The van der Waals surface area contributed by atoms with Crippen LogP contribution in [0, 0.1) is 36.5 Å². The minimum atomic E-state index is -1.18. The molecule has 0 aromatic carbocycles. The number of thiazole rings is 1. The van der Waals surface area contributed by atoms with E-state index in [0.717, 1.165) is 10.7 Å². The fourth-order valence-electron chi connectivity index (χ4n) is 4.91. The van der Waals surface area contributed by atoms with Gasteiger partial charge in [0.2, 0.25) is 23.6 Å². The summed E-state index contributed by atoms with van der Waals surface area (Å²) in [6, 6.07) is -2.69. The highest BCUT2D eigenvalue weighted by Crippen LogP contribution is 2.17. The molecule has 49 heavy (non-hydrogen) atoms. The first-order valence-corrected chi connectivity index (χ1v) is 18.2. The predicted molar refractivity (Wildman–Crippen MR) is 192 cm³/mol. The smallest absolute Gasteiger partial charge is 0.407 e. The number of ether oxygens (including phenoxy) is 1. The molecule has 1 heterocycles.